The molecule has 0 aliphatic heterocycles. The summed E-state index contributed by atoms with van der Waals surface area (Å²) in [5, 5.41) is 8.95. The lowest BCUT2D eigenvalue weighted by Gasteiger charge is -2.23. The van der Waals surface area contributed by atoms with Crippen LogP contribution in [0.25, 0.3) is 0 Å². The molecule has 5 nitrogen and oxygen atoms in total. The second kappa shape index (κ2) is 3.55. The van der Waals surface area contributed by atoms with Crippen molar-refractivity contribution in [2.45, 2.75) is 32.7 Å². The van der Waals surface area contributed by atoms with Gasteiger partial charge in [0, 0.05) is 5.54 Å². The smallest absolute Gasteiger partial charge is 0.289 e. The van der Waals surface area contributed by atoms with Gasteiger partial charge in [-0.25, -0.2) is 4.98 Å². The van der Waals surface area contributed by atoms with Gasteiger partial charge in [-0.2, -0.15) is 5.10 Å². The van der Waals surface area contributed by atoms with Crippen LogP contribution in [0.5, 0.6) is 0 Å². The molecule has 0 saturated carbocycles. The predicted molar refractivity (Wildman–Crippen MR) is 48.2 cm³/mol. The van der Waals surface area contributed by atoms with E-state index in [9.17, 15) is 4.79 Å². The summed E-state index contributed by atoms with van der Waals surface area (Å²) < 4.78 is 0. The number of nitrogens with one attached hydrogen (secondary N) is 2. The standard InChI is InChI=1S/C8H14N4O/c1-4-8(2,3)11-7(13)6-9-5-10-12-6/h5H,4H2,1-3H3,(H,11,13)(H,9,10,12). The number of H-pyrrole nitrogens is 1. The summed E-state index contributed by atoms with van der Waals surface area (Å²) in [6, 6.07) is 0. The van der Waals surface area contributed by atoms with Gasteiger partial charge in [-0.3, -0.25) is 9.89 Å². The molecule has 1 rings (SSSR count). The fourth-order valence-electron chi connectivity index (χ4n) is 0.770. The van der Waals surface area contributed by atoms with Gasteiger partial charge in [-0.05, 0) is 20.3 Å². The van der Waals surface area contributed by atoms with Gasteiger partial charge in [-0.15, -0.1) is 0 Å². The van der Waals surface area contributed by atoms with Crippen molar-refractivity contribution in [3.63, 3.8) is 0 Å². The topological polar surface area (TPSA) is 70.7 Å². The first-order valence-electron chi connectivity index (χ1n) is 4.23. The van der Waals surface area contributed by atoms with Crippen molar-refractivity contribution < 1.29 is 4.79 Å². The lowest BCUT2D eigenvalue weighted by Crippen LogP contribution is -2.43. The van der Waals surface area contributed by atoms with Crippen LogP contribution in [0.15, 0.2) is 6.33 Å². The van der Waals surface area contributed by atoms with E-state index in [1.54, 1.807) is 0 Å². The van der Waals surface area contributed by atoms with Crippen LogP contribution in [0.1, 0.15) is 37.8 Å². The van der Waals surface area contributed by atoms with Gasteiger partial charge in [0.05, 0.1) is 0 Å². The first kappa shape index (κ1) is 9.70. The number of carbonyl (C=O) groups is 1. The molecule has 72 valence electrons. The number of amides is 1. The Hall–Kier alpha value is -1.39. The summed E-state index contributed by atoms with van der Waals surface area (Å²) in [6.45, 7) is 5.93. The Morgan fingerprint density at radius 3 is 2.85 bits per heavy atom. The lowest BCUT2D eigenvalue weighted by atomic mass is 10.0. The van der Waals surface area contributed by atoms with Crippen LogP contribution in [0.3, 0.4) is 0 Å². The fourth-order valence-corrected chi connectivity index (χ4v) is 0.770. The Balaban J connectivity index is 2.61. The van der Waals surface area contributed by atoms with E-state index in [0.717, 1.165) is 6.42 Å². The van der Waals surface area contributed by atoms with Crippen LogP contribution in [0, 0.1) is 0 Å². The highest BCUT2D eigenvalue weighted by Gasteiger charge is 2.19. The fraction of sp³-hybridized carbons (Fsp3) is 0.625. The molecule has 0 bridgehead atoms. The van der Waals surface area contributed by atoms with Gasteiger partial charge in [-0.1, -0.05) is 6.92 Å². The van der Waals surface area contributed by atoms with Crippen molar-refractivity contribution in [2.24, 2.45) is 0 Å². The quantitative estimate of drug-likeness (QED) is 0.723. The molecule has 0 unspecified atom stereocenters. The van der Waals surface area contributed by atoms with Crippen molar-refractivity contribution in [1.82, 2.24) is 20.5 Å². The number of rotatable bonds is 3. The highest BCUT2D eigenvalue weighted by Crippen LogP contribution is 2.07. The van der Waals surface area contributed by atoms with Gasteiger partial charge < -0.3 is 5.32 Å². The zero-order chi connectivity index (χ0) is 9.90. The highest BCUT2D eigenvalue weighted by molar-refractivity contribution is 5.90. The van der Waals surface area contributed by atoms with E-state index in [1.165, 1.54) is 6.33 Å². The molecule has 0 aromatic carbocycles. The molecule has 0 aliphatic carbocycles. The molecule has 0 atom stereocenters. The van der Waals surface area contributed by atoms with Crippen molar-refractivity contribution in [2.75, 3.05) is 0 Å². The van der Waals surface area contributed by atoms with Gasteiger partial charge in [0.15, 0.2) is 0 Å². The summed E-state index contributed by atoms with van der Waals surface area (Å²) in [5.74, 6) is 0.0332. The third kappa shape index (κ3) is 2.54. The van der Waals surface area contributed by atoms with Crippen molar-refractivity contribution in [3.05, 3.63) is 12.2 Å². The summed E-state index contributed by atoms with van der Waals surface area (Å²) in [7, 11) is 0. The molecule has 5 heteroatoms. The minimum absolute atomic E-state index is 0.204. The third-order valence-electron chi connectivity index (χ3n) is 1.97. The summed E-state index contributed by atoms with van der Waals surface area (Å²) in [4.78, 5) is 15.2. The molecule has 1 amide bonds. The second-order valence-electron chi connectivity index (χ2n) is 3.53. The largest absolute Gasteiger partial charge is 0.344 e. The van der Waals surface area contributed by atoms with E-state index >= 15 is 0 Å². The van der Waals surface area contributed by atoms with Gasteiger partial charge in [0.1, 0.15) is 6.33 Å². The van der Waals surface area contributed by atoms with Crippen LogP contribution in [-0.4, -0.2) is 26.6 Å². The second-order valence-corrected chi connectivity index (χ2v) is 3.53. The normalized spacial score (nSPS) is 11.3. The lowest BCUT2D eigenvalue weighted by molar-refractivity contribution is 0.0901. The Morgan fingerprint density at radius 1 is 1.69 bits per heavy atom. The minimum atomic E-state index is -0.218. The molecule has 0 spiro atoms. The Bertz CT molecular complexity index is 278. The maximum Gasteiger partial charge on any atom is 0.289 e. The van der Waals surface area contributed by atoms with Crippen molar-refractivity contribution in [3.8, 4) is 0 Å². The number of aromatic nitrogens is 3. The van der Waals surface area contributed by atoms with Gasteiger partial charge in [0.2, 0.25) is 5.82 Å². The average molecular weight is 182 g/mol. The Morgan fingerprint density at radius 2 is 2.38 bits per heavy atom. The van der Waals surface area contributed by atoms with E-state index < -0.39 is 0 Å². The molecule has 13 heavy (non-hydrogen) atoms. The van der Waals surface area contributed by atoms with E-state index in [4.69, 9.17) is 0 Å². The molecule has 1 aromatic heterocycles. The highest BCUT2D eigenvalue weighted by atomic mass is 16.2. The maximum atomic E-state index is 11.4. The molecule has 1 heterocycles. The van der Waals surface area contributed by atoms with Crippen molar-refractivity contribution in [1.29, 1.82) is 0 Å². The third-order valence-corrected chi connectivity index (χ3v) is 1.97. The predicted octanol–water partition coefficient (Wildman–Crippen LogP) is 0.723. The number of aromatic amines is 1. The molecular weight excluding hydrogens is 168 g/mol. The molecule has 2 N–H and O–H groups in total. The zero-order valence-corrected chi connectivity index (χ0v) is 8.09. The van der Waals surface area contributed by atoms with E-state index in [2.05, 4.69) is 20.5 Å². The molecule has 0 aliphatic rings. The zero-order valence-electron chi connectivity index (χ0n) is 8.09. The Labute approximate surface area is 76.9 Å². The molecule has 0 saturated heterocycles. The number of hydrogen-bond donors (Lipinski definition) is 2. The van der Waals surface area contributed by atoms with Crippen LogP contribution >= 0.6 is 0 Å². The summed E-state index contributed by atoms with van der Waals surface area (Å²) >= 11 is 0. The van der Waals surface area contributed by atoms with E-state index in [-0.39, 0.29) is 17.3 Å². The van der Waals surface area contributed by atoms with E-state index in [1.807, 2.05) is 20.8 Å². The molecular formula is C8H14N4O. The van der Waals surface area contributed by atoms with Crippen molar-refractivity contribution >= 4 is 5.91 Å². The van der Waals surface area contributed by atoms with Crippen LogP contribution < -0.4 is 5.32 Å². The summed E-state index contributed by atoms with van der Waals surface area (Å²) in [5.41, 5.74) is -0.204. The number of nitrogens with zero attached hydrogens (tertiary/aromatic N) is 2. The number of hydrogen-bond acceptors (Lipinski definition) is 3. The Kier molecular flexibility index (Phi) is 2.65. The summed E-state index contributed by atoms with van der Waals surface area (Å²) in [6.07, 6.45) is 2.18. The first-order chi connectivity index (χ1) is 6.05. The van der Waals surface area contributed by atoms with Crippen LogP contribution in [0.4, 0.5) is 0 Å². The molecule has 0 fully saturated rings. The van der Waals surface area contributed by atoms with E-state index in [0.29, 0.717) is 0 Å². The monoisotopic (exact) mass is 182 g/mol. The first-order valence-corrected chi connectivity index (χ1v) is 4.23. The molecule has 1 aromatic rings. The van der Waals surface area contributed by atoms with Gasteiger partial charge >= 0.3 is 0 Å². The SMILES string of the molecule is CCC(C)(C)NC(=O)c1ncn[nH]1. The van der Waals surface area contributed by atoms with Gasteiger partial charge in [0.25, 0.3) is 5.91 Å². The average Bonchev–Trinajstić information content (AvgIpc) is 2.55. The van der Waals surface area contributed by atoms with Crippen LogP contribution in [0.2, 0.25) is 0 Å². The minimum Gasteiger partial charge on any atom is -0.344 e. The molecule has 0 radical (unpaired) electrons. The number of carbonyl (C=O) groups excluding carboxylic acids is 1. The maximum absolute atomic E-state index is 11.4. The van der Waals surface area contributed by atoms with Crippen LogP contribution in [-0.2, 0) is 0 Å².